The monoisotopic (exact) mass is 446 g/mol. The minimum atomic E-state index is -0.528. The van der Waals surface area contributed by atoms with Crippen LogP contribution >= 0.6 is 0 Å². The van der Waals surface area contributed by atoms with Crippen molar-refractivity contribution in [2.24, 2.45) is 5.92 Å². The summed E-state index contributed by atoms with van der Waals surface area (Å²) >= 11 is 0. The number of halogens is 1. The maximum absolute atomic E-state index is 13.8. The van der Waals surface area contributed by atoms with Crippen molar-refractivity contribution in [3.8, 4) is 0 Å². The molecule has 2 heterocycles. The first-order valence-corrected chi connectivity index (χ1v) is 11.7. The molecule has 5 rings (SSSR count). The highest BCUT2D eigenvalue weighted by molar-refractivity contribution is 5.93. The zero-order valence-corrected chi connectivity index (χ0v) is 18.5. The van der Waals surface area contributed by atoms with Gasteiger partial charge in [0, 0.05) is 18.0 Å². The van der Waals surface area contributed by atoms with Crippen molar-refractivity contribution in [1.82, 2.24) is 9.88 Å². The molecule has 5 nitrogen and oxygen atoms in total. The molecule has 1 saturated heterocycles. The highest BCUT2D eigenvalue weighted by Gasteiger charge is 2.39. The molecule has 0 spiro atoms. The maximum atomic E-state index is 13.8. The van der Waals surface area contributed by atoms with Crippen molar-refractivity contribution in [3.05, 3.63) is 77.7 Å². The van der Waals surface area contributed by atoms with E-state index in [0.29, 0.717) is 18.8 Å². The number of benzene rings is 2. The number of carbonyl (C=O) groups excluding carboxylic acids is 2. The molecule has 2 aromatic carbocycles. The Kier molecular flexibility index (Phi) is 6.07. The largest absolute Gasteiger partial charge is 0.447 e. The van der Waals surface area contributed by atoms with E-state index in [9.17, 15) is 14.0 Å². The molecule has 3 aromatic rings. The van der Waals surface area contributed by atoms with Gasteiger partial charge in [-0.3, -0.25) is 9.78 Å². The third kappa shape index (κ3) is 4.61. The third-order valence-corrected chi connectivity index (χ3v) is 7.03. The van der Waals surface area contributed by atoms with Gasteiger partial charge in [0.15, 0.2) is 0 Å². The van der Waals surface area contributed by atoms with Crippen LogP contribution in [-0.4, -0.2) is 34.5 Å². The van der Waals surface area contributed by atoms with Crippen LogP contribution in [0, 0.1) is 11.7 Å². The SMILES string of the molecule is O=C(CC1CCC(c2ccnc3ccc(F)cc23)CC1)N1C(=O)OC[C@@H]1Cc1ccccc1. The molecular formula is C27H27FN2O3. The Labute approximate surface area is 192 Å². The fourth-order valence-corrected chi connectivity index (χ4v) is 5.32. The van der Waals surface area contributed by atoms with Crippen LogP contribution in [0.5, 0.6) is 0 Å². The van der Waals surface area contributed by atoms with Gasteiger partial charge in [0.25, 0.3) is 0 Å². The van der Waals surface area contributed by atoms with E-state index in [-0.39, 0.29) is 30.3 Å². The van der Waals surface area contributed by atoms with Crippen LogP contribution in [-0.2, 0) is 16.0 Å². The molecule has 0 bridgehead atoms. The zero-order valence-electron chi connectivity index (χ0n) is 18.5. The molecular weight excluding hydrogens is 419 g/mol. The van der Waals surface area contributed by atoms with Gasteiger partial charge in [0.1, 0.15) is 12.4 Å². The van der Waals surface area contributed by atoms with Crippen molar-refractivity contribution in [2.45, 2.75) is 50.5 Å². The minimum Gasteiger partial charge on any atom is -0.447 e. The number of cyclic esters (lactones) is 1. The number of carbonyl (C=O) groups is 2. The van der Waals surface area contributed by atoms with Crippen molar-refractivity contribution >= 4 is 22.9 Å². The third-order valence-electron chi connectivity index (χ3n) is 7.03. The summed E-state index contributed by atoms with van der Waals surface area (Å²) in [5, 5.41) is 0.876. The average molecular weight is 447 g/mol. The van der Waals surface area contributed by atoms with E-state index in [1.54, 1.807) is 18.3 Å². The molecule has 1 aliphatic heterocycles. The molecule has 1 aliphatic carbocycles. The van der Waals surface area contributed by atoms with Gasteiger partial charge in [-0.25, -0.2) is 14.1 Å². The van der Waals surface area contributed by atoms with Crippen LogP contribution in [0.25, 0.3) is 10.9 Å². The summed E-state index contributed by atoms with van der Waals surface area (Å²) < 4.78 is 19.0. The van der Waals surface area contributed by atoms with Gasteiger partial charge in [-0.15, -0.1) is 0 Å². The number of rotatable bonds is 5. The minimum absolute atomic E-state index is 0.140. The van der Waals surface area contributed by atoms with E-state index in [0.717, 1.165) is 47.7 Å². The second-order valence-corrected chi connectivity index (χ2v) is 9.17. The Bertz CT molecular complexity index is 1160. The molecule has 1 atom stereocenters. The summed E-state index contributed by atoms with van der Waals surface area (Å²) in [5.41, 5.74) is 3.03. The molecule has 1 aromatic heterocycles. The Balaban J connectivity index is 1.22. The fraction of sp³-hybridized carbons (Fsp3) is 0.370. The molecule has 33 heavy (non-hydrogen) atoms. The fourth-order valence-electron chi connectivity index (χ4n) is 5.32. The number of aromatic nitrogens is 1. The lowest BCUT2D eigenvalue weighted by Gasteiger charge is -2.30. The first-order valence-electron chi connectivity index (χ1n) is 11.7. The summed E-state index contributed by atoms with van der Waals surface area (Å²) in [6, 6.07) is 16.3. The standard InChI is InChI=1S/C27H27FN2O3/c28-21-10-11-25-24(16-21)23(12-13-29-25)20-8-6-19(7-9-20)15-26(31)30-22(17-33-27(30)32)14-18-4-2-1-3-5-18/h1-5,10-13,16,19-20,22H,6-9,14-15,17H2/t19?,20?,22-/m0/s1. The van der Waals surface area contributed by atoms with Crippen LogP contribution < -0.4 is 0 Å². The van der Waals surface area contributed by atoms with Crippen LogP contribution in [0.2, 0.25) is 0 Å². The lowest BCUT2D eigenvalue weighted by Crippen LogP contribution is -2.41. The number of imide groups is 1. The van der Waals surface area contributed by atoms with E-state index in [1.165, 1.54) is 11.0 Å². The van der Waals surface area contributed by atoms with E-state index < -0.39 is 6.09 Å². The highest BCUT2D eigenvalue weighted by Crippen LogP contribution is 2.39. The van der Waals surface area contributed by atoms with Crippen molar-refractivity contribution in [1.29, 1.82) is 0 Å². The number of ether oxygens (including phenoxy) is 1. The summed E-state index contributed by atoms with van der Waals surface area (Å²) in [4.78, 5) is 31.0. The Morgan fingerprint density at radius 3 is 2.64 bits per heavy atom. The topological polar surface area (TPSA) is 59.5 Å². The molecule has 0 radical (unpaired) electrons. The molecule has 0 unspecified atom stereocenters. The van der Waals surface area contributed by atoms with Crippen LogP contribution in [0.4, 0.5) is 9.18 Å². The van der Waals surface area contributed by atoms with Crippen LogP contribution in [0.1, 0.15) is 49.1 Å². The number of pyridine rings is 1. The quantitative estimate of drug-likeness (QED) is 0.510. The molecule has 2 amide bonds. The van der Waals surface area contributed by atoms with Crippen molar-refractivity contribution < 1.29 is 18.7 Å². The zero-order chi connectivity index (χ0) is 22.8. The average Bonchev–Trinajstić information content (AvgIpc) is 3.19. The predicted molar refractivity (Wildman–Crippen MR) is 123 cm³/mol. The van der Waals surface area contributed by atoms with Gasteiger partial charge in [-0.2, -0.15) is 0 Å². The molecule has 2 aliphatic rings. The first kappa shape index (κ1) is 21.6. The second-order valence-electron chi connectivity index (χ2n) is 9.17. The summed E-state index contributed by atoms with van der Waals surface area (Å²) in [6.07, 6.45) is 5.91. The first-order chi connectivity index (χ1) is 16.1. The lowest BCUT2D eigenvalue weighted by molar-refractivity contribution is -0.130. The molecule has 170 valence electrons. The molecule has 2 fully saturated rings. The maximum Gasteiger partial charge on any atom is 0.416 e. The van der Waals surface area contributed by atoms with Gasteiger partial charge in [-0.05, 0) is 79.3 Å². The van der Waals surface area contributed by atoms with Crippen molar-refractivity contribution in [2.75, 3.05) is 6.61 Å². The van der Waals surface area contributed by atoms with Crippen LogP contribution in [0.3, 0.4) is 0 Å². The smallest absolute Gasteiger partial charge is 0.416 e. The molecule has 1 saturated carbocycles. The van der Waals surface area contributed by atoms with E-state index >= 15 is 0 Å². The van der Waals surface area contributed by atoms with Gasteiger partial charge < -0.3 is 4.74 Å². The Morgan fingerprint density at radius 2 is 1.85 bits per heavy atom. The summed E-state index contributed by atoms with van der Waals surface area (Å²) in [7, 11) is 0. The second kappa shape index (κ2) is 9.30. The number of amides is 2. The van der Waals surface area contributed by atoms with E-state index in [4.69, 9.17) is 4.74 Å². The van der Waals surface area contributed by atoms with Crippen LogP contribution in [0.15, 0.2) is 60.8 Å². The molecule has 6 heteroatoms. The van der Waals surface area contributed by atoms with Crippen molar-refractivity contribution in [3.63, 3.8) is 0 Å². The number of fused-ring (bicyclic) bond motifs is 1. The summed E-state index contributed by atoms with van der Waals surface area (Å²) in [6.45, 7) is 0.248. The van der Waals surface area contributed by atoms with Gasteiger partial charge in [-0.1, -0.05) is 30.3 Å². The van der Waals surface area contributed by atoms with E-state index in [2.05, 4.69) is 4.98 Å². The van der Waals surface area contributed by atoms with Gasteiger partial charge in [0.2, 0.25) is 5.91 Å². The number of hydrogen-bond acceptors (Lipinski definition) is 4. The predicted octanol–water partition coefficient (Wildman–Crippen LogP) is 5.63. The summed E-state index contributed by atoms with van der Waals surface area (Å²) in [5.74, 6) is 0.174. The number of hydrogen-bond donors (Lipinski definition) is 0. The Hall–Kier alpha value is -3.28. The van der Waals surface area contributed by atoms with Gasteiger partial charge in [0.05, 0.1) is 11.6 Å². The molecule has 0 N–H and O–H groups in total. The normalized spacial score (nSPS) is 23.0. The number of nitrogens with zero attached hydrogens (tertiary/aromatic N) is 2. The Morgan fingerprint density at radius 1 is 1.06 bits per heavy atom. The highest BCUT2D eigenvalue weighted by atomic mass is 19.1. The lowest BCUT2D eigenvalue weighted by atomic mass is 9.76. The van der Waals surface area contributed by atoms with E-state index in [1.807, 2.05) is 36.4 Å². The van der Waals surface area contributed by atoms with Gasteiger partial charge >= 0.3 is 6.09 Å².